The SMILES string of the molecule is CC(C)(C)n1nc(I)c2nc(Br)c(=O)[nH]c21. The zero-order chi connectivity index (χ0) is 12.1. The van der Waals surface area contributed by atoms with Crippen LogP contribution in [0.3, 0.4) is 0 Å². The molecule has 0 spiro atoms. The van der Waals surface area contributed by atoms with E-state index >= 15 is 0 Å². The molecule has 5 nitrogen and oxygen atoms in total. The van der Waals surface area contributed by atoms with Crippen molar-refractivity contribution < 1.29 is 0 Å². The molecule has 0 amide bonds. The number of aromatic nitrogens is 4. The van der Waals surface area contributed by atoms with Gasteiger partial charge in [0.2, 0.25) is 0 Å². The van der Waals surface area contributed by atoms with Gasteiger partial charge in [0, 0.05) is 0 Å². The normalized spacial score (nSPS) is 12.3. The minimum absolute atomic E-state index is 0.194. The summed E-state index contributed by atoms with van der Waals surface area (Å²) in [6, 6.07) is 0. The highest BCUT2D eigenvalue weighted by Crippen LogP contribution is 2.22. The fourth-order valence-corrected chi connectivity index (χ4v) is 2.26. The summed E-state index contributed by atoms with van der Waals surface area (Å²) in [7, 11) is 0. The second kappa shape index (κ2) is 3.80. The third kappa shape index (κ3) is 1.90. The van der Waals surface area contributed by atoms with Crippen molar-refractivity contribution in [3.63, 3.8) is 0 Å². The van der Waals surface area contributed by atoms with E-state index in [9.17, 15) is 4.79 Å². The molecule has 0 saturated carbocycles. The topological polar surface area (TPSA) is 63.6 Å². The van der Waals surface area contributed by atoms with Crippen molar-refractivity contribution in [1.29, 1.82) is 0 Å². The Kier molecular flexibility index (Phi) is 2.85. The first-order chi connectivity index (χ1) is 7.30. The minimum atomic E-state index is -0.241. The number of fused-ring (bicyclic) bond motifs is 1. The molecule has 0 aliphatic heterocycles. The zero-order valence-electron chi connectivity index (χ0n) is 9.01. The Morgan fingerprint density at radius 3 is 2.62 bits per heavy atom. The Hall–Kier alpha value is -0.440. The van der Waals surface area contributed by atoms with E-state index in [0.717, 1.165) is 3.70 Å². The number of H-pyrrole nitrogens is 1. The number of nitrogens with zero attached hydrogens (tertiary/aromatic N) is 3. The molecule has 86 valence electrons. The van der Waals surface area contributed by atoms with Crippen LogP contribution in [0.1, 0.15) is 20.8 Å². The fourth-order valence-electron chi connectivity index (χ4n) is 1.39. The second-order valence-corrected chi connectivity index (χ2v) is 6.20. The largest absolute Gasteiger partial charge is 0.303 e. The molecule has 0 aliphatic rings. The Balaban J connectivity index is 2.90. The van der Waals surface area contributed by atoms with Crippen LogP contribution in [0.15, 0.2) is 9.40 Å². The van der Waals surface area contributed by atoms with Crippen LogP contribution < -0.4 is 5.56 Å². The third-order valence-corrected chi connectivity index (χ3v) is 3.35. The van der Waals surface area contributed by atoms with Crippen molar-refractivity contribution in [2.75, 3.05) is 0 Å². The first-order valence-corrected chi connectivity index (χ1v) is 6.52. The highest BCUT2D eigenvalue weighted by atomic mass is 127. The summed E-state index contributed by atoms with van der Waals surface area (Å²) >= 11 is 5.22. The van der Waals surface area contributed by atoms with Crippen molar-refractivity contribution in [2.45, 2.75) is 26.3 Å². The maximum absolute atomic E-state index is 11.5. The molecule has 0 radical (unpaired) electrons. The lowest BCUT2D eigenvalue weighted by molar-refractivity contribution is 0.364. The maximum Gasteiger partial charge on any atom is 0.282 e. The van der Waals surface area contributed by atoms with Gasteiger partial charge in [-0.2, -0.15) is 5.10 Å². The summed E-state index contributed by atoms with van der Waals surface area (Å²) in [5.41, 5.74) is 0.932. The van der Waals surface area contributed by atoms with E-state index < -0.39 is 0 Å². The number of rotatable bonds is 0. The van der Waals surface area contributed by atoms with Crippen LogP contribution in [-0.4, -0.2) is 19.7 Å². The first kappa shape index (κ1) is 12.0. The molecule has 2 aromatic rings. The first-order valence-electron chi connectivity index (χ1n) is 4.65. The molecule has 0 saturated heterocycles. The van der Waals surface area contributed by atoms with Gasteiger partial charge >= 0.3 is 0 Å². The van der Waals surface area contributed by atoms with Crippen LogP contribution in [0.25, 0.3) is 11.2 Å². The third-order valence-electron chi connectivity index (χ3n) is 2.08. The van der Waals surface area contributed by atoms with Gasteiger partial charge in [-0.05, 0) is 59.3 Å². The lowest BCUT2D eigenvalue weighted by Gasteiger charge is -2.19. The zero-order valence-corrected chi connectivity index (χ0v) is 12.7. The molecule has 2 aromatic heterocycles. The summed E-state index contributed by atoms with van der Waals surface area (Å²) in [6.45, 7) is 6.07. The van der Waals surface area contributed by atoms with Gasteiger partial charge < -0.3 is 4.98 Å². The summed E-state index contributed by atoms with van der Waals surface area (Å²) in [4.78, 5) is 18.5. The van der Waals surface area contributed by atoms with Crippen LogP contribution in [0.5, 0.6) is 0 Å². The van der Waals surface area contributed by atoms with Crippen molar-refractivity contribution in [2.24, 2.45) is 0 Å². The van der Waals surface area contributed by atoms with Gasteiger partial charge in [-0.25, -0.2) is 9.67 Å². The van der Waals surface area contributed by atoms with Crippen molar-refractivity contribution in [1.82, 2.24) is 19.7 Å². The van der Waals surface area contributed by atoms with E-state index in [2.05, 4.69) is 53.6 Å². The molecule has 0 unspecified atom stereocenters. The number of halogens is 2. The molecule has 2 rings (SSSR count). The quantitative estimate of drug-likeness (QED) is 0.694. The molecule has 0 bridgehead atoms. The van der Waals surface area contributed by atoms with Gasteiger partial charge in [0.15, 0.2) is 14.0 Å². The number of hydrogen-bond donors (Lipinski definition) is 1. The van der Waals surface area contributed by atoms with Crippen LogP contribution in [-0.2, 0) is 5.54 Å². The van der Waals surface area contributed by atoms with E-state index in [1.54, 1.807) is 4.68 Å². The van der Waals surface area contributed by atoms with E-state index in [1.165, 1.54) is 0 Å². The Morgan fingerprint density at radius 1 is 1.44 bits per heavy atom. The Labute approximate surface area is 114 Å². The molecule has 1 N–H and O–H groups in total. The van der Waals surface area contributed by atoms with Crippen molar-refractivity contribution in [3.8, 4) is 0 Å². The average Bonchev–Trinajstić information content (AvgIpc) is 2.45. The molecule has 2 heterocycles. The second-order valence-electron chi connectivity index (χ2n) is 4.43. The molecule has 0 fully saturated rings. The Bertz CT molecular complexity index is 610. The monoisotopic (exact) mass is 396 g/mol. The molecule has 0 aromatic carbocycles. The molecule has 7 heteroatoms. The van der Waals surface area contributed by atoms with E-state index in [4.69, 9.17) is 0 Å². The van der Waals surface area contributed by atoms with Gasteiger partial charge in [-0.15, -0.1) is 0 Å². The standard InChI is InChI=1S/C9H10BrIN4O/c1-9(2,3)15-7-4(6(11)14-15)12-5(10)8(16)13-7/h1-3H3,(H,13,16). The number of nitrogens with one attached hydrogen (secondary N) is 1. The van der Waals surface area contributed by atoms with Crippen LogP contribution in [0, 0.1) is 3.70 Å². The minimum Gasteiger partial charge on any atom is -0.303 e. The molecular formula is C9H10BrIN4O. The lowest BCUT2D eigenvalue weighted by Crippen LogP contribution is -2.24. The molecule has 0 aliphatic carbocycles. The highest BCUT2D eigenvalue weighted by molar-refractivity contribution is 14.1. The van der Waals surface area contributed by atoms with Gasteiger partial charge in [-0.1, -0.05) is 0 Å². The lowest BCUT2D eigenvalue weighted by atomic mass is 10.1. The smallest absolute Gasteiger partial charge is 0.282 e. The van der Waals surface area contributed by atoms with Gasteiger partial charge in [0.25, 0.3) is 5.56 Å². The summed E-state index contributed by atoms with van der Waals surface area (Å²) < 4.78 is 2.84. The summed E-state index contributed by atoms with van der Waals surface area (Å²) in [6.07, 6.45) is 0. The Morgan fingerprint density at radius 2 is 2.06 bits per heavy atom. The van der Waals surface area contributed by atoms with Crippen molar-refractivity contribution in [3.05, 3.63) is 18.7 Å². The molecule has 16 heavy (non-hydrogen) atoms. The van der Waals surface area contributed by atoms with Crippen LogP contribution >= 0.6 is 38.5 Å². The number of aromatic amines is 1. The van der Waals surface area contributed by atoms with Crippen molar-refractivity contribution >= 4 is 49.7 Å². The van der Waals surface area contributed by atoms with Gasteiger partial charge in [-0.3, -0.25) is 4.79 Å². The molecular weight excluding hydrogens is 387 g/mol. The molecule has 0 atom stereocenters. The number of hydrogen-bond acceptors (Lipinski definition) is 3. The highest BCUT2D eigenvalue weighted by Gasteiger charge is 2.21. The van der Waals surface area contributed by atoms with Gasteiger partial charge in [0.05, 0.1) is 5.54 Å². The average molecular weight is 397 g/mol. The fraction of sp³-hybridized carbons (Fsp3) is 0.444. The van der Waals surface area contributed by atoms with Crippen LogP contribution in [0.2, 0.25) is 0 Å². The van der Waals surface area contributed by atoms with Gasteiger partial charge in [0.1, 0.15) is 5.52 Å². The predicted octanol–water partition coefficient (Wildman–Crippen LogP) is 2.24. The summed E-state index contributed by atoms with van der Waals surface area (Å²) in [5.74, 6) is 0. The predicted molar refractivity (Wildman–Crippen MR) is 73.6 cm³/mol. The summed E-state index contributed by atoms with van der Waals surface area (Å²) in [5, 5.41) is 4.39. The van der Waals surface area contributed by atoms with E-state index in [1.807, 2.05) is 20.8 Å². The van der Waals surface area contributed by atoms with E-state index in [0.29, 0.717) is 11.2 Å². The van der Waals surface area contributed by atoms with E-state index in [-0.39, 0.29) is 15.7 Å². The van der Waals surface area contributed by atoms with Crippen LogP contribution in [0.4, 0.5) is 0 Å². The maximum atomic E-state index is 11.5.